The van der Waals surface area contributed by atoms with E-state index >= 15 is 0 Å². The van der Waals surface area contributed by atoms with Gasteiger partial charge in [-0.25, -0.2) is 19.0 Å². The summed E-state index contributed by atoms with van der Waals surface area (Å²) in [5.41, 5.74) is 3.49. The second kappa shape index (κ2) is 7.44. The number of anilines is 1. The molecule has 0 bridgehead atoms. The van der Waals surface area contributed by atoms with Gasteiger partial charge in [-0.3, -0.25) is 0 Å². The van der Waals surface area contributed by atoms with Gasteiger partial charge >= 0.3 is 0 Å². The Morgan fingerprint density at radius 3 is 2.48 bits per heavy atom. The van der Waals surface area contributed by atoms with Gasteiger partial charge in [0.05, 0.1) is 17.1 Å². The van der Waals surface area contributed by atoms with Crippen LogP contribution in [0.15, 0.2) is 42.7 Å². The van der Waals surface area contributed by atoms with Gasteiger partial charge in [0.1, 0.15) is 5.82 Å². The highest BCUT2D eigenvalue weighted by Crippen LogP contribution is 2.24. The van der Waals surface area contributed by atoms with E-state index in [9.17, 15) is 4.39 Å². The fraction of sp³-hybridized carbons (Fsp3) is 0.350. The summed E-state index contributed by atoms with van der Waals surface area (Å²) in [6.07, 6.45) is 3.74. The average molecular weight is 366 g/mol. The van der Waals surface area contributed by atoms with Gasteiger partial charge in [0.25, 0.3) is 0 Å². The Morgan fingerprint density at radius 1 is 1.04 bits per heavy atom. The lowest BCUT2D eigenvalue weighted by Gasteiger charge is -2.34. The van der Waals surface area contributed by atoms with Gasteiger partial charge in [0.2, 0.25) is 5.95 Å². The van der Waals surface area contributed by atoms with E-state index in [4.69, 9.17) is 4.98 Å². The number of aromatic nitrogens is 4. The smallest absolute Gasteiger partial charge is 0.225 e. The van der Waals surface area contributed by atoms with Crippen LogP contribution in [-0.4, -0.2) is 57.4 Å². The number of hydrogen-bond acceptors (Lipinski definition) is 5. The summed E-state index contributed by atoms with van der Waals surface area (Å²) in [5, 5.41) is 4.56. The van der Waals surface area contributed by atoms with E-state index < -0.39 is 0 Å². The average Bonchev–Trinajstić information content (AvgIpc) is 3.10. The van der Waals surface area contributed by atoms with Gasteiger partial charge in [0.15, 0.2) is 0 Å². The quantitative estimate of drug-likeness (QED) is 0.711. The number of likely N-dealkylation sites (N-methyl/N-ethyl adjacent to an activating group) is 1. The van der Waals surface area contributed by atoms with E-state index in [2.05, 4.69) is 26.8 Å². The molecule has 0 atom stereocenters. The first kappa shape index (κ1) is 17.6. The lowest BCUT2D eigenvalue weighted by atomic mass is 10.2. The summed E-state index contributed by atoms with van der Waals surface area (Å²) in [6.45, 7) is 9.16. The molecular weight excluding hydrogens is 343 g/mol. The molecule has 1 aliphatic rings. The van der Waals surface area contributed by atoms with Gasteiger partial charge in [-0.15, -0.1) is 0 Å². The highest BCUT2D eigenvalue weighted by molar-refractivity contribution is 5.62. The molecule has 27 heavy (non-hydrogen) atoms. The molecule has 3 aromatic rings. The normalized spacial score (nSPS) is 15.3. The molecule has 1 aliphatic heterocycles. The molecule has 0 spiro atoms. The molecule has 0 aliphatic carbocycles. The molecule has 0 saturated carbocycles. The van der Waals surface area contributed by atoms with Crippen LogP contribution in [0.5, 0.6) is 0 Å². The van der Waals surface area contributed by atoms with Crippen LogP contribution in [0.1, 0.15) is 12.6 Å². The minimum atomic E-state index is -0.258. The van der Waals surface area contributed by atoms with Gasteiger partial charge in [-0.1, -0.05) is 6.92 Å². The largest absolute Gasteiger partial charge is 0.338 e. The Labute approximate surface area is 158 Å². The maximum Gasteiger partial charge on any atom is 0.225 e. The van der Waals surface area contributed by atoms with Crippen LogP contribution >= 0.6 is 0 Å². The molecule has 0 unspecified atom stereocenters. The van der Waals surface area contributed by atoms with Crippen LogP contribution in [0.2, 0.25) is 0 Å². The second-order valence-corrected chi connectivity index (χ2v) is 6.71. The van der Waals surface area contributed by atoms with Gasteiger partial charge in [-0.05, 0) is 43.8 Å². The van der Waals surface area contributed by atoms with E-state index in [0.717, 1.165) is 61.3 Å². The van der Waals surface area contributed by atoms with Crippen LogP contribution < -0.4 is 4.90 Å². The minimum Gasteiger partial charge on any atom is -0.338 e. The van der Waals surface area contributed by atoms with Gasteiger partial charge in [0, 0.05) is 44.1 Å². The molecule has 6 nitrogen and oxygen atoms in total. The first-order valence-corrected chi connectivity index (χ1v) is 9.27. The third-order valence-corrected chi connectivity index (χ3v) is 5.01. The SMILES string of the molecule is CCN1CCN(c2nccc(-c3cn(-c4ccc(F)cc4)nc3C)n2)CC1. The molecule has 1 aromatic carbocycles. The number of hydrogen-bond donors (Lipinski definition) is 0. The summed E-state index contributed by atoms with van der Waals surface area (Å²) < 4.78 is 14.9. The van der Waals surface area contributed by atoms with Crippen LogP contribution in [-0.2, 0) is 0 Å². The maximum atomic E-state index is 13.2. The molecule has 1 fully saturated rings. The van der Waals surface area contributed by atoms with Crippen LogP contribution in [0.3, 0.4) is 0 Å². The third kappa shape index (κ3) is 3.68. The fourth-order valence-corrected chi connectivity index (χ4v) is 3.35. The zero-order valence-corrected chi connectivity index (χ0v) is 15.6. The van der Waals surface area contributed by atoms with E-state index in [0.29, 0.717) is 0 Å². The molecular formula is C20H23FN6. The lowest BCUT2D eigenvalue weighted by molar-refractivity contribution is 0.270. The van der Waals surface area contributed by atoms with Crippen LogP contribution in [0, 0.1) is 12.7 Å². The summed E-state index contributed by atoms with van der Waals surface area (Å²) in [7, 11) is 0. The standard InChI is InChI=1S/C20H23FN6/c1-3-25-10-12-26(13-11-25)20-22-9-8-19(23-20)18-14-27(24-15(18)2)17-6-4-16(21)5-7-17/h4-9,14H,3,10-13H2,1-2H3. The summed E-state index contributed by atoms with van der Waals surface area (Å²) in [6, 6.07) is 8.20. The topological polar surface area (TPSA) is 50.1 Å². The van der Waals surface area contributed by atoms with Crippen molar-refractivity contribution in [3.63, 3.8) is 0 Å². The van der Waals surface area contributed by atoms with Crippen molar-refractivity contribution >= 4 is 5.95 Å². The predicted octanol–water partition coefficient (Wildman–Crippen LogP) is 2.92. The molecule has 1 saturated heterocycles. The number of benzene rings is 1. The molecule has 3 heterocycles. The van der Waals surface area contributed by atoms with Crippen molar-refractivity contribution in [3.05, 3.63) is 54.2 Å². The summed E-state index contributed by atoms with van der Waals surface area (Å²) in [4.78, 5) is 13.9. The fourth-order valence-electron chi connectivity index (χ4n) is 3.35. The number of piperazine rings is 1. The monoisotopic (exact) mass is 366 g/mol. The molecule has 4 rings (SSSR count). The van der Waals surface area contributed by atoms with E-state index in [-0.39, 0.29) is 5.82 Å². The number of rotatable bonds is 4. The number of nitrogens with zero attached hydrogens (tertiary/aromatic N) is 6. The second-order valence-electron chi connectivity index (χ2n) is 6.71. The highest BCUT2D eigenvalue weighted by atomic mass is 19.1. The van der Waals surface area contributed by atoms with Gasteiger partial charge in [-0.2, -0.15) is 5.10 Å². The van der Waals surface area contributed by atoms with Gasteiger partial charge < -0.3 is 9.80 Å². The Balaban J connectivity index is 1.60. The maximum absolute atomic E-state index is 13.2. The van der Waals surface area contributed by atoms with Crippen molar-refractivity contribution < 1.29 is 4.39 Å². The zero-order valence-electron chi connectivity index (χ0n) is 15.6. The molecule has 2 aromatic heterocycles. The summed E-state index contributed by atoms with van der Waals surface area (Å²) >= 11 is 0. The zero-order chi connectivity index (χ0) is 18.8. The third-order valence-electron chi connectivity index (χ3n) is 5.01. The van der Waals surface area contributed by atoms with E-state index in [1.165, 1.54) is 12.1 Å². The Morgan fingerprint density at radius 2 is 1.78 bits per heavy atom. The van der Waals surface area contributed by atoms with Crippen molar-refractivity contribution in [2.75, 3.05) is 37.6 Å². The lowest BCUT2D eigenvalue weighted by Crippen LogP contribution is -2.46. The van der Waals surface area contributed by atoms with Crippen molar-refractivity contribution in [1.82, 2.24) is 24.6 Å². The molecule has 7 heteroatoms. The van der Waals surface area contributed by atoms with Crippen LogP contribution in [0.25, 0.3) is 16.9 Å². The summed E-state index contributed by atoms with van der Waals surface area (Å²) in [5.74, 6) is 0.503. The molecule has 0 radical (unpaired) electrons. The van der Waals surface area contributed by atoms with Crippen molar-refractivity contribution in [3.8, 4) is 16.9 Å². The molecule has 0 amide bonds. The number of halogens is 1. The Hall–Kier alpha value is -2.80. The van der Waals surface area contributed by atoms with E-state index in [1.54, 1.807) is 23.0 Å². The highest BCUT2D eigenvalue weighted by Gasteiger charge is 2.19. The van der Waals surface area contributed by atoms with Crippen molar-refractivity contribution in [2.24, 2.45) is 0 Å². The first-order chi connectivity index (χ1) is 13.1. The molecule has 0 N–H and O–H groups in total. The Bertz CT molecular complexity index is 912. The van der Waals surface area contributed by atoms with E-state index in [1.807, 2.05) is 19.2 Å². The number of aryl methyl sites for hydroxylation is 1. The Kier molecular flexibility index (Phi) is 4.85. The molecule has 140 valence electrons. The predicted molar refractivity (Wildman–Crippen MR) is 104 cm³/mol. The van der Waals surface area contributed by atoms with Crippen molar-refractivity contribution in [1.29, 1.82) is 0 Å². The first-order valence-electron chi connectivity index (χ1n) is 9.27. The van der Waals surface area contributed by atoms with Crippen LogP contribution in [0.4, 0.5) is 10.3 Å². The van der Waals surface area contributed by atoms with Crippen molar-refractivity contribution in [2.45, 2.75) is 13.8 Å². The minimum absolute atomic E-state index is 0.258.